The molecule has 0 spiro atoms. The van der Waals surface area contributed by atoms with Crippen LogP contribution in [0.2, 0.25) is 0 Å². The minimum Gasteiger partial charge on any atom is -0.355 e. The van der Waals surface area contributed by atoms with Gasteiger partial charge >= 0.3 is 0 Å². The second-order valence-corrected chi connectivity index (χ2v) is 21.9. The van der Waals surface area contributed by atoms with Crippen LogP contribution >= 0.6 is 0 Å². The van der Waals surface area contributed by atoms with Crippen LogP contribution in [0.25, 0.3) is 10.4 Å². The van der Waals surface area contributed by atoms with E-state index in [0.29, 0.717) is 11.1 Å². The summed E-state index contributed by atoms with van der Waals surface area (Å²) >= 11 is 0. The van der Waals surface area contributed by atoms with Gasteiger partial charge in [-0.25, -0.2) is 0 Å². The Hall–Kier alpha value is -5.15. The molecule has 0 aromatic heterocycles. The minimum absolute atomic E-state index is 0.0454. The average Bonchev–Trinajstić information content (AvgIpc) is 3.55. The van der Waals surface area contributed by atoms with E-state index in [2.05, 4.69) is 20.7 Å². The Morgan fingerprint density at radius 3 is 2.05 bits per heavy atom. The van der Waals surface area contributed by atoms with E-state index in [0.717, 1.165) is 33.9 Å². The van der Waals surface area contributed by atoms with Crippen LogP contribution in [0.1, 0.15) is 70.9 Å². The minimum atomic E-state index is -4.48. The van der Waals surface area contributed by atoms with Crippen LogP contribution in [0.15, 0.2) is 101 Å². The lowest BCUT2D eigenvalue weighted by atomic mass is 9.70. The summed E-state index contributed by atoms with van der Waals surface area (Å²) in [5.74, 6) is -3.18. The number of hydrogen-bond donors (Lipinski definition) is 5. The van der Waals surface area contributed by atoms with E-state index in [4.69, 9.17) is 5.53 Å². The molecule has 1 unspecified atom stereocenters. The highest BCUT2D eigenvalue weighted by Crippen LogP contribution is 2.48. The van der Waals surface area contributed by atoms with Gasteiger partial charge in [0.1, 0.15) is 12.0 Å². The first-order valence-electron chi connectivity index (χ1n) is 20.7. The van der Waals surface area contributed by atoms with Gasteiger partial charge in [-0.3, -0.25) is 23.2 Å². The van der Waals surface area contributed by atoms with Crippen LogP contribution in [0.3, 0.4) is 0 Å². The van der Waals surface area contributed by atoms with Crippen molar-refractivity contribution in [3.05, 3.63) is 117 Å². The number of para-hydroxylation sites is 2. The summed E-state index contributed by atoms with van der Waals surface area (Å²) in [6.45, 7) is 8.18. The number of amides is 2. The summed E-state index contributed by atoms with van der Waals surface area (Å²) in [5.41, 5.74) is 11.9. The number of azide groups is 1. The van der Waals surface area contributed by atoms with Gasteiger partial charge in [-0.2, -0.15) is 29.8 Å². The Balaban J connectivity index is 1.66. The van der Waals surface area contributed by atoms with Crippen molar-refractivity contribution in [2.24, 2.45) is 10.5 Å². The lowest BCUT2D eigenvalue weighted by molar-refractivity contribution is -0.437. The molecule has 2 aromatic rings. The number of nitrogens with zero attached hydrogens (tertiary/aromatic N) is 5. The third kappa shape index (κ3) is 12.1. The number of allylic oxidation sites excluding steroid dienone is 8. The molecule has 1 atom stereocenters. The van der Waals surface area contributed by atoms with Crippen LogP contribution in [0.4, 0.5) is 11.4 Å². The first-order valence-corrected chi connectivity index (χ1v) is 25.6. The molecule has 18 nitrogen and oxygen atoms in total. The van der Waals surface area contributed by atoms with Gasteiger partial charge in [-0.05, 0) is 73.9 Å². The fourth-order valence-electron chi connectivity index (χ4n) is 8.71. The summed E-state index contributed by atoms with van der Waals surface area (Å²) in [4.78, 5) is 33.6. The molecule has 0 saturated carbocycles. The maximum atomic E-state index is 14.5. The van der Waals surface area contributed by atoms with Crippen molar-refractivity contribution in [2.75, 3.05) is 54.9 Å². The molecule has 346 valence electrons. The molecule has 2 amide bonds. The third-order valence-electron chi connectivity index (χ3n) is 11.8. The van der Waals surface area contributed by atoms with Crippen molar-refractivity contribution >= 4 is 59.3 Å². The summed E-state index contributed by atoms with van der Waals surface area (Å²) in [7, 11) is -13.0. The van der Waals surface area contributed by atoms with Gasteiger partial charge in [0.2, 0.25) is 17.5 Å². The van der Waals surface area contributed by atoms with Gasteiger partial charge in [0, 0.05) is 72.0 Å². The van der Waals surface area contributed by atoms with Gasteiger partial charge < -0.3 is 15.5 Å². The van der Waals surface area contributed by atoms with Gasteiger partial charge in [-0.1, -0.05) is 73.6 Å². The van der Waals surface area contributed by atoms with Crippen LogP contribution in [-0.4, -0.2) is 111 Å². The van der Waals surface area contributed by atoms with Crippen LogP contribution < -0.4 is 15.5 Å². The Bertz CT molecular complexity index is 2700. The van der Waals surface area contributed by atoms with E-state index in [9.17, 15) is 48.5 Å². The Morgan fingerprint density at radius 1 is 0.781 bits per heavy atom. The topological polar surface area (TPSA) is 276 Å². The molecule has 21 heteroatoms. The third-order valence-corrected chi connectivity index (χ3v) is 14.1. The normalized spacial score (nSPS) is 20.5. The van der Waals surface area contributed by atoms with Crippen LogP contribution in [-0.2, 0) is 50.8 Å². The van der Waals surface area contributed by atoms with Gasteiger partial charge in [0.15, 0.2) is 5.71 Å². The van der Waals surface area contributed by atoms with Crippen molar-refractivity contribution in [3.63, 3.8) is 0 Å². The first-order chi connectivity index (χ1) is 29.9. The Labute approximate surface area is 374 Å². The van der Waals surface area contributed by atoms with E-state index in [1.165, 1.54) is 0 Å². The lowest BCUT2D eigenvalue weighted by Gasteiger charge is -2.35. The Morgan fingerprint density at radius 2 is 1.39 bits per heavy atom. The van der Waals surface area contributed by atoms with Gasteiger partial charge in [-0.15, -0.1) is 0 Å². The zero-order valence-electron chi connectivity index (χ0n) is 36.3. The van der Waals surface area contributed by atoms with Crippen LogP contribution in [0, 0.1) is 5.41 Å². The molecule has 3 aliphatic rings. The summed E-state index contributed by atoms with van der Waals surface area (Å²) < 4.78 is 101. The molecule has 5 rings (SSSR count). The molecule has 0 fully saturated rings. The molecular weight excluding hydrogens is 887 g/mol. The fourth-order valence-corrected chi connectivity index (χ4v) is 10.1. The highest BCUT2D eigenvalue weighted by Gasteiger charge is 2.49. The van der Waals surface area contributed by atoms with Crippen molar-refractivity contribution < 1.29 is 53.1 Å². The highest BCUT2D eigenvalue weighted by molar-refractivity contribution is 7.86. The predicted octanol–water partition coefficient (Wildman–Crippen LogP) is 5.31. The lowest BCUT2D eigenvalue weighted by Crippen LogP contribution is -2.53. The smallest absolute Gasteiger partial charge is 0.266 e. The van der Waals surface area contributed by atoms with Crippen molar-refractivity contribution in [1.82, 2.24) is 10.6 Å². The number of carbonyl (C=O) groups is 2. The second-order valence-electron chi connectivity index (χ2n) is 17.1. The summed E-state index contributed by atoms with van der Waals surface area (Å²) in [6.07, 6.45) is 9.31. The molecule has 2 heterocycles. The number of anilines is 1. The molecule has 2 aliphatic heterocycles. The number of carbonyl (C=O) groups excluding carboxylic acids is 2. The number of fused-ring (bicyclic) bond motifs is 2. The van der Waals surface area contributed by atoms with E-state index < -0.39 is 82.2 Å². The van der Waals surface area contributed by atoms with Crippen molar-refractivity contribution in [3.8, 4) is 0 Å². The summed E-state index contributed by atoms with van der Waals surface area (Å²) in [5, 5.41) is 8.87. The fraction of sp³-hybridized carbons (Fsp3) is 0.465. The molecule has 64 heavy (non-hydrogen) atoms. The van der Waals surface area contributed by atoms with Gasteiger partial charge in [0.05, 0.1) is 22.7 Å². The van der Waals surface area contributed by atoms with E-state index >= 15 is 0 Å². The molecule has 0 radical (unpaired) electrons. The number of benzene rings is 2. The predicted molar refractivity (Wildman–Crippen MR) is 244 cm³/mol. The quantitative estimate of drug-likeness (QED) is 0.0215. The number of rotatable bonds is 20. The first kappa shape index (κ1) is 49.9. The maximum Gasteiger partial charge on any atom is 0.266 e. The SMILES string of the molecule is CC1(C)C(/C=C/C2=CC(=C/C=C3/N(CCCS(=O)(=O)O)c4ccccc4C3(C)C)/CC(C(=O)NCCCN=[N+]=[N-])(C(=O)NCCS(=O)(=O)O)C2)=[N+](CCCS(=O)(=O)O)c2ccccc21. The van der Waals surface area contributed by atoms with Crippen molar-refractivity contribution in [1.29, 1.82) is 0 Å². The van der Waals surface area contributed by atoms with Gasteiger partial charge in [0.25, 0.3) is 30.4 Å². The van der Waals surface area contributed by atoms with E-state index in [1.54, 1.807) is 12.2 Å². The molecule has 0 bridgehead atoms. The monoisotopic (exact) mass is 942 g/mol. The summed E-state index contributed by atoms with van der Waals surface area (Å²) in [6, 6.07) is 15.3. The molecule has 0 saturated heterocycles. The maximum absolute atomic E-state index is 14.5. The second kappa shape index (κ2) is 19.9. The zero-order chi connectivity index (χ0) is 47.1. The van der Waals surface area contributed by atoms with E-state index in [-0.39, 0.29) is 58.3 Å². The van der Waals surface area contributed by atoms with Crippen molar-refractivity contribution in [2.45, 2.75) is 70.6 Å². The Kier molecular flexibility index (Phi) is 15.5. The number of hydrogen-bond acceptors (Lipinski definition) is 10. The number of nitrogens with one attached hydrogen (secondary N) is 2. The van der Waals surface area contributed by atoms with E-state index in [1.807, 2.05) is 104 Å². The average molecular weight is 943 g/mol. The molecular formula is C43H56N7O11S3+. The van der Waals surface area contributed by atoms with Crippen LogP contribution in [0.5, 0.6) is 0 Å². The highest BCUT2D eigenvalue weighted by atomic mass is 32.2. The molecule has 1 aliphatic carbocycles. The molecule has 5 N–H and O–H groups in total. The zero-order valence-corrected chi connectivity index (χ0v) is 38.7. The standard InChI is InChI=1S/C43H55N7O11S3/c1-41(2)33-12-5-7-14-35(33)49(23-10-25-62(53,54)55)37(41)18-16-31-28-32(17-19-38-42(3,4)34-13-6-8-15-36(34)50(38)24-11-26-63(56,57)58)30-43(29-31,39(51)45-20-9-21-47-48-44)40(52)46-22-27-64(59,60)61/h5-8,12-19,28H,9-11,20-27,29-30H2,1-4H3,(H4-,45,46,51,52,53,54,55,56,57,58,59,60,61)/p+1. The molecule has 2 aromatic carbocycles. The largest absolute Gasteiger partial charge is 0.355 e.